The fraction of sp³-hybridized carbons (Fsp3) is 0.714. The number of hydrogen-bond acceptors (Lipinski definition) is 7. The summed E-state index contributed by atoms with van der Waals surface area (Å²) < 4.78 is 5.19. The number of nitrogens with zero attached hydrogens (tertiary/aromatic N) is 1. The molecule has 0 radical (unpaired) electrons. The fourth-order valence-electron chi connectivity index (χ4n) is 4.30. The standard InChI is InChI=1S/C28H47N5O7/c1-10-12-18(21(35)24(37)29-13-11-2)31-23(36)19-14-17(3)16-33(19)25(38)22(27(4,5)6)32-26(39)30-15-20(34)40-28(7,8)9/h11,17-19,22H,2,10,12-16H2,1,3-9H3,(H,29,37)(H,31,36)(H2,30,32,39)/t17-,18?,19+,22-/m1/s1. The number of urea groups is 1. The average molecular weight is 566 g/mol. The Balaban J connectivity index is 3.04. The molecule has 4 N–H and O–H groups in total. The monoisotopic (exact) mass is 565 g/mol. The third-order valence-electron chi connectivity index (χ3n) is 6.14. The second-order valence-electron chi connectivity index (χ2n) is 12.3. The van der Waals surface area contributed by atoms with E-state index in [-0.39, 0.29) is 32.0 Å². The second-order valence-corrected chi connectivity index (χ2v) is 12.3. The number of amides is 5. The van der Waals surface area contributed by atoms with E-state index in [1.54, 1.807) is 41.5 Å². The molecule has 1 unspecified atom stereocenters. The maximum absolute atomic E-state index is 13.8. The molecule has 226 valence electrons. The van der Waals surface area contributed by atoms with Crippen LogP contribution in [-0.2, 0) is 28.7 Å². The molecule has 1 aliphatic heterocycles. The molecular formula is C28H47N5O7. The zero-order valence-electron chi connectivity index (χ0n) is 25.1. The van der Waals surface area contributed by atoms with Crippen molar-refractivity contribution in [2.75, 3.05) is 19.6 Å². The van der Waals surface area contributed by atoms with Crippen molar-refractivity contribution >= 4 is 35.5 Å². The largest absolute Gasteiger partial charge is 0.459 e. The zero-order valence-corrected chi connectivity index (χ0v) is 25.1. The number of carbonyl (C=O) groups excluding carboxylic acids is 6. The highest BCUT2D eigenvalue weighted by molar-refractivity contribution is 6.38. The van der Waals surface area contributed by atoms with Crippen LogP contribution in [0.1, 0.15) is 74.7 Å². The number of ether oxygens (including phenoxy) is 1. The highest BCUT2D eigenvalue weighted by atomic mass is 16.6. The van der Waals surface area contributed by atoms with E-state index in [1.165, 1.54) is 11.0 Å². The average Bonchev–Trinajstić information content (AvgIpc) is 3.23. The van der Waals surface area contributed by atoms with Gasteiger partial charge in [0.25, 0.3) is 5.91 Å². The van der Waals surface area contributed by atoms with Crippen LogP contribution in [0.4, 0.5) is 4.79 Å². The van der Waals surface area contributed by atoms with Gasteiger partial charge in [-0.15, -0.1) is 6.58 Å². The number of carbonyl (C=O) groups is 6. The smallest absolute Gasteiger partial charge is 0.325 e. The minimum atomic E-state index is -1.04. The van der Waals surface area contributed by atoms with Crippen LogP contribution in [0.25, 0.3) is 0 Å². The van der Waals surface area contributed by atoms with Crippen molar-refractivity contribution in [3.63, 3.8) is 0 Å². The number of likely N-dealkylation sites (tertiary alicyclic amines) is 1. The lowest BCUT2D eigenvalue weighted by Gasteiger charge is -2.35. The first-order chi connectivity index (χ1) is 18.4. The molecule has 1 rings (SSSR count). The van der Waals surface area contributed by atoms with Crippen molar-refractivity contribution in [1.82, 2.24) is 26.2 Å². The van der Waals surface area contributed by atoms with E-state index in [2.05, 4.69) is 27.8 Å². The zero-order chi connectivity index (χ0) is 30.8. The van der Waals surface area contributed by atoms with Gasteiger partial charge in [-0.2, -0.15) is 0 Å². The lowest BCUT2D eigenvalue weighted by atomic mass is 9.85. The summed E-state index contributed by atoms with van der Waals surface area (Å²) in [5.41, 5.74) is -1.45. The highest BCUT2D eigenvalue weighted by Gasteiger charge is 2.44. The van der Waals surface area contributed by atoms with Gasteiger partial charge in [0.05, 0.1) is 6.04 Å². The van der Waals surface area contributed by atoms with E-state index in [0.29, 0.717) is 12.8 Å². The molecule has 1 fully saturated rings. The van der Waals surface area contributed by atoms with E-state index in [9.17, 15) is 28.8 Å². The molecule has 12 nitrogen and oxygen atoms in total. The summed E-state index contributed by atoms with van der Waals surface area (Å²) >= 11 is 0. The molecule has 5 amide bonds. The summed E-state index contributed by atoms with van der Waals surface area (Å²) in [7, 11) is 0. The normalized spacial score (nSPS) is 18.6. The summed E-state index contributed by atoms with van der Waals surface area (Å²) in [6, 6.07) is -3.68. The van der Waals surface area contributed by atoms with Gasteiger partial charge in [0.2, 0.25) is 17.6 Å². The summed E-state index contributed by atoms with van der Waals surface area (Å²) in [5, 5.41) is 10.2. The Morgan fingerprint density at radius 3 is 2.17 bits per heavy atom. The van der Waals surface area contributed by atoms with Crippen molar-refractivity contribution < 1.29 is 33.5 Å². The molecule has 0 aromatic carbocycles. The van der Waals surface area contributed by atoms with E-state index >= 15 is 0 Å². The molecule has 0 spiro atoms. The number of hydrogen-bond donors (Lipinski definition) is 4. The van der Waals surface area contributed by atoms with Crippen molar-refractivity contribution in [2.24, 2.45) is 11.3 Å². The van der Waals surface area contributed by atoms with Gasteiger partial charge in [0.15, 0.2) is 0 Å². The highest BCUT2D eigenvalue weighted by Crippen LogP contribution is 2.28. The molecule has 0 saturated carbocycles. The number of rotatable bonds is 12. The van der Waals surface area contributed by atoms with Crippen LogP contribution in [0.15, 0.2) is 12.7 Å². The Morgan fingerprint density at radius 1 is 1.02 bits per heavy atom. The molecular weight excluding hydrogens is 518 g/mol. The van der Waals surface area contributed by atoms with Crippen molar-refractivity contribution in [3.8, 4) is 0 Å². The fourth-order valence-corrected chi connectivity index (χ4v) is 4.30. The number of ketones is 1. The first-order valence-corrected chi connectivity index (χ1v) is 13.7. The van der Waals surface area contributed by atoms with Crippen LogP contribution < -0.4 is 21.3 Å². The van der Waals surface area contributed by atoms with E-state index in [1.807, 2.05) is 13.8 Å². The van der Waals surface area contributed by atoms with Crippen LogP contribution in [0.3, 0.4) is 0 Å². The van der Waals surface area contributed by atoms with Crippen molar-refractivity contribution in [1.29, 1.82) is 0 Å². The molecule has 40 heavy (non-hydrogen) atoms. The van der Waals surface area contributed by atoms with Crippen LogP contribution in [0, 0.1) is 11.3 Å². The van der Waals surface area contributed by atoms with E-state index < -0.39 is 64.6 Å². The minimum absolute atomic E-state index is 0.0162. The third-order valence-corrected chi connectivity index (χ3v) is 6.14. The quantitative estimate of drug-likeness (QED) is 0.158. The first-order valence-electron chi connectivity index (χ1n) is 13.7. The summed E-state index contributed by atoms with van der Waals surface area (Å²) in [5.74, 6) is -3.23. The second kappa shape index (κ2) is 14.8. The molecule has 12 heteroatoms. The predicted octanol–water partition coefficient (Wildman–Crippen LogP) is 1.44. The van der Waals surface area contributed by atoms with Gasteiger partial charge in [-0.25, -0.2) is 4.79 Å². The van der Waals surface area contributed by atoms with E-state index in [0.717, 1.165) is 0 Å². The van der Waals surface area contributed by atoms with Gasteiger partial charge in [0, 0.05) is 13.1 Å². The van der Waals surface area contributed by atoms with Crippen LogP contribution in [-0.4, -0.2) is 83.8 Å². The maximum Gasteiger partial charge on any atom is 0.325 e. The Labute approximate surface area is 237 Å². The topological polar surface area (TPSA) is 163 Å². The summed E-state index contributed by atoms with van der Waals surface area (Å²) in [4.78, 5) is 78.1. The Morgan fingerprint density at radius 2 is 1.65 bits per heavy atom. The minimum Gasteiger partial charge on any atom is -0.459 e. The number of esters is 1. The van der Waals surface area contributed by atoms with Crippen LogP contribution >= 0.6 is 0 Å². The first kappa shape index (κ1) is 34.6. The lowest BCUT2D eigenvalue weighted by molar-refractivity contribution is -0.153. The molecule has 1 heterocycles. The van der Waals surface area contributed by atoms with Gasteiger partial charge in [-0.05, 0) is 44.9 Å². The lowest BCUT2D eigenvalue weighted by Crippen LogP contribution is -2.60. The summed E-state index contributed by atoms with van der Waals surface area (Å²) in [6.45, 7) is 17.7. The molecule has 0 bridgehead atoms. The Bertz CT molecular complexity index is 967. The SMILES string of the molecule is C=CCNC(=O)C(=O)C(CCC)NC(=O)[C@@H]1C[C@@H](C)CN1C(=O)[C@@H](NC(=O)NCC(=O)OC(C)(C)C)C(C)(C)C. The van der Waals surface area contributed by atoms with Gasteiger partial charge in [-0.1, -0.05) is 47.1 Å². The third kappa shape index (κ3) is 11.0. The van der Waals surface area contributed by atoms with Gasteiger partial charge in [-0.3, -0.25) is 24.0 Å². The molecule has 0 aromatic heterocycles. The number of Topliss-reactive ketones (excluding diaryl/α,β-unsaturated/α-hetero) is 1. The Kier molecular flexibility index (Phi) is 12.8. The molecule has 0 aliphatic carbocycles. The molecule has 1 aliphatic rings. The van der Waals surface area contributed by atoms with Crippen molar-refractivity contribution in [2.45, 2.75) is 98.4 Å². The van der Waals surface area contributed by atoms with Gasteiger partial charge < -0.3 is 30.9 Å². The van der Waals surface area contributed by atoms with E-state index in [4.69, 9.17) is 4.74 Å². The van der Waals surface area contributed by atoms with Gasteiger partial charge >= 0.3 is 12.0 Å². The number of nitrogens with one attached hydrogen (secondary N) is 4. The summed E-state index contributed by atoms with van der Waals surface area (Å²) in [6.07, 6.45) is 2.60. The predicted molar refractivity (Wildman–Crippen MR) is 150 cm³/mol. The van der Waals surface area contributed by atoms with Crippen LogP contribution in [0.2, 0.25) is 0 Å². The van der Waals surface area contributed by atoms with Crippen LogP contribution in [0.5, 0.6) is 0 Å². The molecule has 4 atom stereocenters. The maximum atomic E-state index is 13.8. The van der Waals surface area contributed by atoms with Crippen molar-refractivity contribution in [3.05, 3.63) is 12.7 Å². The van der Waals surface area contributed by atoms with Gasteiger partial charge in [0.1, 0.15) is 24.2 Å². The Hall–Kier alpha value is -3.44. The molecule has 1 saturated heterocycles. The molecule has 0 aromatic rings.